The highest BCUT2D eigenvalue weighted by Gasteiger charge is 2.42. The summed E-state index contributed by atoms with van der Waals surface area (Å²) in [6, 6.07) is 0. The molecule has 2 saturated heterocycles. The van der Waals surface area contributed by atoms with Crippen LogP contribution in [-0.4, -0.2) is 79.1 Å². The maximum atomic E-state index is 12.5. The number of carbonyl (C=O) groups is 1. The molecule has 3 rings (SSSR count). The average molecular weight is 325 g/mol. The van der Waals surface area contributed by atoms with Crippen LogP contribution in [0, 0.1) is 5.92 Å². The number of amides is 1. The number of piperazine rings is 1. The molecule has 2 aliphatic heterocycles. The minimum Gasteiger partial charge on any atom is -0.342 e. The Hall–Kier alpha value is -0.680. The number of carbonyl (C=O) groups excluding carboxylic acids is 1. The Morgan fingerprint density at radius 2 is 2.00 bits per heavy atom. The van der Waals surface area contributed by atoms with Crippen LogP contribution >= 0.6 is 0 Å². The van der Waals surface area contributed by atoms with E-state index in [9.17, 15) is 9.18 Å². The van der Waals surface area contributed by atoms with Crippen molar-refractivity contribution in [2.24, 2.45) is 5.92 Å². The summed E-state index contributed by atoms with van der Waals surface area (Å²) < 4.78 is 12.3. The molecule has 3 fully saturated rings. The maximum Gasteiger partial charge on any atom is 0.222 e. The van der Waals surface area contributed by atoms with Crippen LogP contribution in [0.25, 0.3) is 0 Å². The molecule has 23 heavy (non-hydrogen) atoms. The molecule has 1 aliphatic carbocycles. The van der Waals surface area contributed by atoms with E-state index in [1.807, 2.05) is 0 Å². The molecule has 0 unspecified atom stereocenters. The second kappa shape index (κ2) is 7.47. The minimum absolute atomic E-state index is 0.141. The van der Waals surface area contributed by atoms with E-state index >= 15 is 0 Å². The van der Waals surface area contributed by atoms with Crippen LogP contribution < -0.4 is 0 Å². The smallest absolute Gasteiger partial charge is 0.222 e. The SMILES string of the molecule is CN1CCN(CCCCF)C[C@@]12CCC(=O)N(CC1CC1)CC2. The Bertz CT molecular complexity index is 415. The van der Waals surface area contributed by atoms with Gasteiger partial charge in [-0.05, 0) is 58.0 Å². The number of hydrogen-bond donors (Lipinski definition) is 0. The Balaban J connectivity index is 1.60. The molecule has 0 N–H and O–H groups in total. The van der Waals surface area contributed by atoms with Gasteiger partial charge in [-0.1, -0.05) is 0 Å². The van der Waals surface area contributed by atoms with Crippen LogP contribution in [0.3, 0.4) is 0 Å². The van der Waals surface area contributed by atoms with Crippen molar-refractivity contribution in [1.82, 2.24) is 14.7 Å². The van der Waals surface area contributed by atoms with Crippen molar-refractivity contribution in [3.63, 3.8) is 0 Å². The zero-order valence-corrected chi connectivity index (χ0v) is 14.6. The largest absolute Gasteiger partial charge is 0.342 e. The first-order valence-corrected chi connectivity index (χ1v) is 9.40. The van der Waals surface area contributed by atoms with Gasteiger partial charge in [0, 0.05) is 44.7 Å². The molecule has 1 atom stereocenters. The summed E-state index contributed by atoms with van der Waals surface area (Å²) in [4.78, 5) is 19.6. The summed E-state index contributed by atoms with van der Waals surface area (Å²) in [6.45, 7) is 5.87. The van der Waals surface area contributed by atoms with E-state index in [2.05, 4.69) is 21.7 Å². The van der Waals surface area contributed by atoms with Crippen molar-refractivity contribution < 1.29 is 9.18 Å². The lowest BCUT2D eigenvalue weighted by Crippen LogP contribution is -2.61. The highest BCUT2D eigenvalue weighted by atomic mass is 19.1. The maximum absolute atomic E-state index is 12.5. The van der Waals surface area contributed by atoms with Crippen LogP contribution in [0.1, 0.15) is 44.9 Å². The van der Waals surface area contributed by atoms with E-state index in [1.165, 1.54) is 12.8 Å². The summed E-state index contributed by atoms with van der Waals surface area (Å²) in [7, 11) is 2.22. The molecule has 132 valence electrons. The van der Waals surface area contributed by atoms with Gasteiger partial charge in [0.05, 0.1) is 6.67 Å². The molecule has 3 aliphatic rings. The number of likely N-dealkylation sites (N-methyl/N-ethyl adjacent to an activating group) is 1. The van der Waals surface area contributed by atoms with E-state index in [1.54, 1.807) is 0 Å². The van der Waals surface area contributed by atoms with Gasteiger partial charge in [0.25, 0.3) is 0 Å². The number of alkyl halides is 1. The monoisotopic (exact) mass is 325 g/mol. The first-order valence-electron chi connectivity index (χ1n) is 9.40. The molecule has 5 heteroatoms. The summed E-state index contributed by atoms with van der Waals surface area (Å²) in [6.07, 6.45) is 6.98. The molecule has 0 aromatic heterocycles. The van der Waals surface area contributed by atoms with Gasteiger partial charge < -0.3 is 9.80 Å². The fourth-order valence-electron chi connectivity index (χ4n) is 4.20. The molecule has 4 nitrogen and oxygen atoms in total. The Labute approximate surface area is 140 Å². The number of nitrogens with zero attached hydrogens (tertiary/aromatic N) is 3. The number of rotatable bonds is 6. The Kier molecular flexibility index (Phi) is 5.57. The third-order valence-electron chi connectivity index (χ3n) is 6.12. The standard InChI is InChI=1S/C18H32FN3O/c1-20-12-13-21(10-3-2-9-19)15-18(20)7-6-17(23)22(11-8-18)14-16-4-5-16/h16H,2-15H2,1H3/t18-/m0/s1. The Morgan fingerprint density at radius 1 is 1.17 bits per heavy atom. The average Bonchev–Trinajstić information content (AvgIpc) is 3.37. The first kappa shape index (κ1) is 17.2. The highest BCUT2D eigenvalue weighted by molar-refractivity contribution is 5.76. The van der Waals surface area contributed by atoms with Crippen molar-refractivity contribution >= 4 is 5.91 Å². The van der Waals surface area contributed by atoms with Crippen molar-refractivity contribution in [3.05, 3.63) is 0 Å². The molecule has 0 radical (unpaired) electrons. The lowest BCUT2D eigenvalue weighted by molar-refractivity contribution is -0.131. The second-order valence-electron chi connectivity index (χ2n) is 7.85. The third kappa shape index (κ3) is 4.24. The lowest BCUT2D eigenvalue weighted by atomic mass is 9.86. The molecule has 1 amide bonds. The number of unbranched alkanes of at least 4 members (excludes halogenated alkanes) is 1. The quantitative estimate of drug-likeness (QED) is 0.700. The van der Waals surface area contributed by atoms with E-state index in [4.69, 9.17) is 0 Å². The molecule has 1 spiro atoms. The van der Waals surface area contributed by atoms with Gasteiger partial charge in [-0.2, -0.15) is 0 Å². The second-order valence-corrected chi connectivity index (χ2v) is 7.85. The summed E-state index contributed by atoms with van der Waals surface area (Å²) in [5.74, 6) is 1.13. The van der Waals surface area contributed by atoms with Crippen LogP contribution in [-0.2, 0) is 4.79 Å². The summed E-state index contributed by atoms with van der Waals surface area (Å²) in [5, 5.41) is 0. The van der Waals surface area contributed by atoms with Gasteiger partial charge in [-0.25, -0.2) is 0 Å². The first-order chi connectivity index (χ1) is 11.1. The molecule has 0 bridgehead atoms. The normalized spacial score (nSPS) is 30.9. The van der Waals surface area contributed by atoms with Crippen LogP contribution in [0.2, 0.25) is 0 Å². The van der Waals surface area contributed by atoms with Gasteiger partial charge in [-0.3, -0.25) is 14.1 Å². The van der Waals surface area contributed by atoms with E-state index in [-0.39, 0.29) is 12.2 Å². The topological polar surface area (TPSA) is 26.8 Å². The third-order valence-corrected chi connectivity index (χ3v) is 6.12. The Morgan fingerprint density at radius 3 is 2.74 bits per heavy atom. The molecular formula is C18H32FN3O. The number of likely N-dealkylation sites (tertiary alicyclic amines) is 1. The van der Waals surface area contributed by atoms with Gasteiger partial charge in [-0.15, -0.1) is 0 Å². The lowest BCUT2D eigenvalue weighted by Gasteiger charge is -2.49. The number of hydrogen-bond acceptors (Lipinski definition) is 3. The van der Waals surface area contributed by atoms with Gasteiger partial charge >= 0.3 is 0 Å². The van der Waals surface area contributed by atoms with Crippen LogP contribution in [0.15, 0.2) is 0 Å². The number of halogens is 1. The fraction of sp³-hybridized carbons (Fsp3) is 0.944. The minimum atomic E-state index is -0.205. The predicted octanol–water partition coefficient (Wildman–Crippen LogP) is 2.14. The summed E-state index contributed by atoms with van der Waals surface area (Å²) in [5.41, 5.74) is 0.141. The van der Waals surface area contributed by atoms with Gasteiger partial charge in [0.15, 0.2) is 0 Å². The van der Waals surface area contributed by atoms with Crippen molar-refractivity contribution in [1.29, 1.82) is 0 Å². The van der Waals surface area contributed by atoms with Crippen molar-refractivity contribution in [2.45, 2.75) is 50.5 Å². The predicted molar refractivity (Wildman–Crippen MR) is 90.2 cm³/mol. The molecule has 0 aromatic carbocycles. The van der Waals surface area contributed by atoms with Crippen LogP contribution in [0.5, 0.6) is 0 Å². The molecular weight excluding hydrogens is 293 g/mol. The zero-order valence-electron chi connectivity index (χ0n) is 14.6. The molecule has 2 heterocycles. The van der Waals surface area contributed by atoms with E-state index in [0.29, 0.717) is 18.7 Å². The fourth-order valence-corrected chi connectivity index (χ4v) is 4.20. The van der Waals surface area contributed by atoms with Gasteiger partial charge in [0.2, 0.25) is 5.91 Å². The zero-order chi connectivity index (χ0) is 16.3. The van der Waals surface area contributed by atoms with Gasteiger partial charge in [0.1, 0.15) is 0 Å². The van der Waals surface area contributed by atoms with E-state index in [0.717, 1.165) is 64.4 Å². The highest BCUT2D eigenvalue weighted by Crippen LogP contribution is 2.35. The molecule has 0 aromatic rings. The van der Waals surface area contributed by atoms with E-state index < -0.39 is 0 Å². The summed E-state index contributed by atoms with van der Waals surface area (Å²) >= 11 is 0. The van der Waals surface area contributed by atoms with Crippen molar-refractivity contribution in [2.75, 3.05) is 53.0 Å². The van der Waals surface area contributed by atoms with Crippen LogP contribution in [0.4, 0.5) is 4.39 Å². The van der Waals surface area contributed by atoms with Crippen molar-refractivity contribution in [3.8, 4) is 0 Å². The molecule has 1 saturated carbocycles.